The van der Waals surface area contributed by atoms with E-state index in [0.29, 0.717) is 0 Å². The number of aryl methyl sites for hydroxylation is 1. The first kappa shape index (κ1) is 12.1. The van der Waals surface area contributed by atoms with Crippen LogP contribution in [0.15, 0.2) is 12.4 Å². The molecule has 1 N–H and O–H groups in total. The van der Waals surface area contributed by atoms with Gasteiger partial charge in [-0.25, -0.2) is 18.4 Å². The van der Waals surface area contributed by atoms with E-state index in [1.807, 2.05) is 6.92 Å². The predicted molar refractivity (Wildman–Crippen MR) is 56.0 cm³/mol. The molecule has 2 atom stereocenters. The third-order valence-electron chi connectivity index (χ3n) is 2.19. The number of aliphatic hydroxyl groups excluding tert-OH is 1. The number of hydrogen-bond donors (Lipinski definition) is 1. The number of aliphatic hydroxyl groups is 1. The lowest BCUT2D eigenvalue weighted by molar-refractivity contribution is 0.166. The Morgan fingerprint density at radius 3 is 2.20 bits per heavy atom. The summed E-state index contributed by atoms with van der Waals surface area (Å²) in [6.45, 7) is 3.25. The van der Waals surface area contributed by atoms with Crippen molar-refractivity contribution in [2.24, 2.45) is 0 Å². The predicted octanol–water partition coefficient (Wildman–Crippen LogP) is 0.252. The Morgan fingerprint density at radius 2 is 1.80 bits per heavy atom. The van der Waals surface area contributed by atoms with Gasteiger partial charge in [-0.15, -0.1) is 0 Å². The molecule has 0 spiro atoms. The van der Waals surface area contributed by atoms with Crippen molar-refractivity contribution in [1.82, 2.24) is 9.97 Å². The van der Waals surface area contributed by atoms with E-state index in [0.717, 1.165) is 11.8 Å². The van der Waals surface area contributed by atoms with E-state index >= 15 is 0 Å². The van der Waals surface area contributed by atoms with Crippen molar-refractivity contribution in [1.29, 1.82) is 0 Å². The van der Waals surface area contributed by atoms with Crippen LogP contribution in [0.3, 0.4) is 0 Å². The average molecular weight is 230 g/mol. The highest BCUT2D eigenvalue weighted by molar-refractivity contribution is 7.91. The van der Waals surface area contributed by atoms with Crippen molar-refractivity contribution in [2.45, 2.75) is 25.2 Å². The molecule has 0 aliphatic carbocycles. The van der Waals surface area contributed by atoms with Gasteiger partial charge in [-0.05, 0) is 19.4 Å². The summed E-state index contributed by atoms with van der Waals surface area (Å²) in [5.74, 6) is 0.138. The Kier molecular flexibility index (Phi) is 3.41. The Morgan fingerprint density at radius 1 is 1.33 bits per heavy atom. The smallest absolute Gasteiger partial charge is 0.158 e. The standard InChI is InChI=1S/C9H14N2O3S/c1-6-4-10-9(11-5-6)8(12)7(2)15(3,13)14/h4-5,7-8,12H,1-3H3/t7-,8-/m0/s1. The maximum absolute atomic E-state index is 11.2. The molecule has 0 aliphatic heterocycles. The lowest BCUT2D eigenvalue weighted by atomic mass is 10.2. The highest BCUT2D eigenvalue weighted by Crippen LogP contribution is 2.17. The van der Waals surface area contributed by atoms with Crippen LogP contribution in [0.2, 0.25) is 0 Å². The van der Waals surface area contributed by atoms with E-state index in [9.17, 15) is 13.5 Å². The first-order valence-corrected chi connectivity index (χ1v) is 6.43. The molecule has 0 aliphatic rings. The second kappa shape index (κ2) is 4.24. The third kappa shape index (κ3) is 2.97. The van der Waals surface area contributed by atoms with Crippen LogP contribution in [-0.2, 0) is 9.84 Å². The van der Waals surface area contributed by atoms with Crippen molar-refractivity contribution in [2.75, 3.05) is 6.26 Å². The van der Waals surface area contributed by atoms with Gasteiger partial charge in [0.25, 0.3) is 0 Å². The van der Waals surface area contributed by atoms with E-state index < -0.39 is 21.2 Å². The van der Waals surface area contributed by atoms with Gasteiger partial charge in [0.15, 0.2) is 15.7 Å². The minimum absolute atomic E-state index is 0.138. The Bertz CT molecular complexity index is 427. The molecule has 0 amide bonds. The fraction of sp³-hybridized carbons (Fsp3) is 0.556. The van der Waals surface area contributed by atoms with Crippen molar-refractivity contribution < 1.29 is 13.5 Å². The zero-order chi connectivity index (χ0) is 11.6. The average Bonchev–Trinajstić information content (AvgIpc) is 2.15. The third-order valence-corrected chi connectivity index (χ3v) is 3.79. The molecule has 0 saturated heterocycles. The maximum atomic E-state index is 11.2. The van der Waals surface area contributed by atoms with Crippen LogP contribution >= 0.6 is 0 Å². The first-order valence-electron chi connectivity index (χ1n) is 4.48. The number of nitrogens with zero attached hydrogens (tertiary/aromatic N) is 2. The van der Waals surface area contributed by atoms with Gasteiger partial charge in [0, 0.05) is 18.6 Å². The molecule has 6 heteroatoms. The molecular formula is C9H14N2O3S. The molecule has 84 valence electrons. The van der Waals surface area contributed by atoms with Gasteiger partial charge in [0.05, 0.1) is 5.25 Å². The van der Waals surface area contributed by atoms with Crippen LogP contribution in [0.5, 0.6) is 0 Å². The van der Waals surface area contributed by atoms with Gasteiger partial charge in [0.2, 0.25) is 0 Å². The van der Waals surface area contributed by atoms with Crippen LogP contribution in [-0.4, -0.2) is 35.0 Å². The van der Waals surface area contributed by atoms with Crippen LogP contribution in [0.25, 0.3) is 0 Å². The van der Waals surface area contributed by atoms with Crippen LogP contribution in [0.4, 0.5) is 0 Å². The molecule has 1 aromatic heterocycles. The monoisotopic (exact) mass is 230 g/mol. The molecule has 15 heavy (non-hydrogen) atoms. The van der Waals surface area contributed by atoms with Crippen molar-refractivity contribution >= 4 is 9.84 Å². The SMILES string of the molecule is Cc1cnc([C@@H](O)[C@H](C)S(C)(=O)=O)nc1. The summed E-state index contributed by atoms with van der Waals surface area (Å²) in [6.07, 6.45) is 2.98. The Labute approximate surface area is 89.1 Å². The summed E-state index contributed by atoms with van der Waals surface area (Å²) in [5, 5.41) is 8.81. The van der Waals surface area contributed by atoms with Crippen molar-refractivity contribution in [3.63, 3.8) is 0 Å². The molecular weight excluding hydrogens is 216 g/mol. The summed E-state index contributed by atoms with van der Waals surface area (Å²) < 4.78 is 22.4. The summed E-state index contributed by atoms with van der Waals surface area (Å²) in [4.78, 5) is 7.77. The van der Waals surface area contributed by atoms with Crippen molar-refractivity contribution in [3.8, 4) is 0 Å². The molecule has 1 rings (SSSR count). The number of rotatable bonds is 3. The highest BCUT2D eigenvalue weighted by atomic mass is 32.2. The molecule has 1 heterocycles. The van der Waals surface area contributed by atoms with Gasteiger partial charge < -0.3 is 5.11 Å². The topological polar surface area (TPSA) is 80.2 Å². The largest absolute Gasteiger partial charge is 0.384 e. The minimum Gasteiger partial charge on any atom is -0.384 e. The normalized spacial score (nSPS) is 16.0. The summed E-state index contributed by atoms with van der Waals surface area (Å²) >= 11 is 0. The minimum atomic E-state index is -3.29. The fourth-order valence-corrected chi connectivity index (χ4v) is 1.59. The Hall–Kier alpha value is -1.01. The molecule has 1 aromatic rings. The molecule has 5 nitrogen and oxygen atoms in total. The van der Waals surface area contributed by atoms with E-state index in [1.54, 1.807) is 12.4 Å². The quantitative estimate of drug-likeness (QED) is 0.805. The van der Waals surface area contributed by atoms with Crippen molar-refractivity contribution in [3.05, 3.63) is 23.8 Å². The number of hydrogen-bond acceptors (Lipinski definition) is 5. The summed E-state index contributed by atoms with van der Waals surface area (Å²) in [5.41, 5.74) is 0.859. The highest BCUT2D eigenvalue weighted by Gasteiger charge is 2.27. The summed E-state index contributed by atoms with van der Waals surface area (Å²) in [7, 11) is -3.29. The zero-order valence-electron chi connectivity index (χ0n) is 8.88. The van der Waals surface area contributed by atoms with E-state index in [4.69, 9.17) is 0 Å². The molecule has 0 unspecified atom stereocenters. The lowest BCUT2D eigenvalue weighted by Gasteiger charge is -2.15. The van der Waals surface area contributed by atoms with Crippen LogP contribution in [0, 0.1) is 6.92 Å². The second-order valence-electron chi connectivity index (χ2n) is 3.60. The van der Waals surface area contributed by atoms with Gasteiger partial charge in [-0.3, -0.25) is 0 Å². The van der Waals surface area contributed by atoms with E-state index in [2.05, 4.69) is 9.97 Å². The van der Waals surface area contributed by atoms with E-state index in [-0.39, 0.29) is 5.82 Å². The maximum Gasteiger partial charge on any atom is 0.158 e. The molecule has 0 saturated carbocycles. The van der Waals surface area contributed by atoms with Crippen LogP contribution in [0.1, 0.15) is 24.4 Å². The van der Waals surface area contributed by atoms with Gasteiger partial charge in [-0.2, -0.15) is 0 Å². The molecule has 0 bridgehead atoms. The molecule has 0 fully saturated rings. The summed E-state index contributed by atoms with van der Waals surface area (Å²) in [6, 6.07) is 0. The molecule has 0 aromatic carbocycles. The molecule has 0 radical (unpaired) electrons. The van der Waals surface area contributed by atoms with Crippen LogP contribution < -0.4 is 0 Å². The first-order chi connectivity index (χ1) is 6.82. The van der Waals surface area contributed by atoms with Gasteiger partial charge >= 0.3 is 0 Å². The lowest BCUT2D eigenvalue weighted by Crippen LogP contribution is -2.25. The number of sulfone groups is 1. The van der Waals surface area contributed by atoms with E-state index in [1.165, 1.54) is 6.92 Å². The van der Waals surface area contributed by atoms with Gasteiger partial charge in [-0.1, -0.05) is 0 Å². The Balaban J connectivity index is 2.95. The number of aromatic nitrogens is 2. The fourth-order valence-electron chi connectivity index (χ4n) is 0.999. The zero-order valence-corrected chi connectivity index (χ0v) is 9.69. The second-order valence-corrected chi connectivity index (χ2v) is 6.00. The van der Waals surface area contributed by atoms with Gasteiger partial charge in [0.1, 0.15) is 6.10 Å².